The van der Waals surface area contributed by atoms with Gasteiger partial charge in [0.05, 0.1) is 38.9 Å². The van der Waals surface area contributed by atoms with Crippen molar-refractivity contribution in [2.45, 2.75) is 13.5 Å². The van der Waals surface area contributed by atoms with Crippen LogP contribution in [0.2, 0.25) is 0 Å². The fourth-order valence-corrected chi connectivity index (χ4v) is 4.63. The Hall–Kier alpha value is -2.69. The summed E-state index contributed by atoms with van der Waals surface area (Å²) < 4.78 is 10.1. The number of quaternary nitrogens is 1. The number of anilines is 1. The van der Waals surface area contributed by atoms with Gasteiger partial charge in [-0.3, -0.25) is 9.59 Å². The van der Waals surface area contributed by atoms with Gasteiger partial charge in [0.25, 0.3) is 11.8 Å². The standard InChI is InChI=1S/C21H27N3O5S2/c1-13-11-31-20(14(2)28-5)19(13)23-18(26)10-24(3,4)9-17(25)22-8-15-7-16(30-12-15)21(27)29-6/h7,11-12H,2,8-10H2,1,3-6H3,(H-,22,23,25,26)/p+1. The topological polar surface area (TPSA) is 93.7 Å². The van der Waals surface area contributed by atoms with Gasteiger partial charge in [-0.1, -0.05) is 6.58 Å². The second-order valence-electron chi connectivity index (χ2n) is 7.64. The van der Waals surface area contributed by atoms with Gasteiger partial charge in [-0.05, 0) is 34.9 Å². The van der Waals surface area contributed by atoms with Crippen LogP contribution in [0.4, 0.5) is 5.69 Å². The summed E-state index contributed by atoms with van der Waals surface area (Å²) >= 11 is 2.72. The van der Waals surface area contributed by atoms with E-state index in [0.717, 1.165) is 16.0 Å². The van der Waals surface area contributed by atoms with Gasteiger partial charge in [-0.15, -0.1) is 22.7 Å². The minimum atomic E-state index is -0.399. The van der Waals surface area contributed by atoms with E-state index in [9.17, 15) is 14.4 Å². The zero-order valence-corrected chi connectivity index (χ0v) is 20.0. The molecule has 2 N–H and O–H groups in total. The van der Waals surface area contributed by atoms with Gasteiger partial charge in [-0.2, -0.15) is 0 Å². The molecule has 2 aromatic rings. The fraction of sp³-hybridized carbons (Fsp3) is 0.381. The molecule has 2 amide bonds. The lowest BCUT2D eigenvalue weighted by Crippen LogP contribution is -2.51. The van der Waals surface area contributed by atoms with Crippen LogP contribution in [0.25, 0.3) is 5.76 Å². The van der Waals surface area contributed by atoms with Crippen molar-refractivity contribution in [1.29, 1.82) is 0 Å². The third-order valence-corrected chi connectivity index (χ3v) is 6.51. The summed E-state index contributed by atoms with van der Waals surface area (Å²) in [4.78, 5) is 37.8. The number of nitrogens with one attached hydrogen (secondary N) is 2. The Morgan fingerprint density at radius 1 is 1.06 bits per heavy atom. The van der Waals surface area contributed by atoms with Crippen molar-refractivity contribution in [2.75, 3.05) is 46.7 Å². The number of aryl methyl sites for hydroxylation is 1. The Morgan fingerprint density at radius 3 is 2.39 bits per heavy atom. The van der Waals surface area contributed by atoms with E-state index in [1.54, 1.807) is 11.4 Å². The van der Waals surface area contributed by atoms with Gasteiger partial charge in [0, 0.05) is 6.54 Å². The van der Waals surface area contributed by atoms with Crippen LogP contribution in [0.1, 0.15) is 25.7 Å². The Morgan fingerprint density at radius 2 is 1.74 bits per heavy atom. The highest BCUT2D eigenvalue weighted by Crippen LogP contribution is 2.33. The van der Waals surface area contributed by atoms with Crippen LogP contribution >= 0.6 is 22.7 Å². The molecular weight excluding hydrogens is 438 g/mol. The van der Waals surface area contributed by atoms with E-state index < -0.39 is 5.97 Å². The van der Waals surface area contributed by atoms with Crippen molar-refractivity contribution >= 4 is 51.9 Å². The SMILES string of the molecule is C=C(OC)c1scc(C)c1NC(=O)C[N+](C)(C)CC(=O)NCc1csc(C(=O)OC)c1. The molecule has 2 rings (SSSR count). The molecule has 0 atom stereocenters. The predicted octanol–water partition coefficient (Wildman–Crippen LogP) is 2.85. The number of methoxy groups -OCH3 is 2. The van der Waals surface area contributed by atoms with Crippen molar-refractivity contribution in [2.24, 2.45) is 0 Å². The summed E-state index contributed by atoms with van der Waals surface area (Å²) in [6.07, 6.45) is 0. The normalized spacial score (nSPS) is 11.0. The molecule has 2 aromatic heterocycles. The quantitative estimate of drug-likeness (QED) is 0.319. The average Bonchev–Trinajstić information content (AvgIpc) is 3.31. The number of ether oxygens (including phenoxy) is 2. The summed E-state index contributed by atoms with van der Waals surface area (Å²) in [7, 11) is 6.49. The van der Waals surface area contributed by atoms with Crippen LogP contribution in [0.15, 0.2) is 23.4 Å². The Bertz CT molecular complexity index is 978. The van der Waals surface area contributed by atoms with Crippen LogP contribution < -0.4 is 10.6 Å². The van der Waals surface area contributed by atoms with Gasteiger partial charge in [0.2, 0.25) is 0 Å². The molecule has 0 aromatic carbocycles. The molecule has 0 spiro atoms. The predicted molar refractivity (Wildman–Crippen MR) is 123 cm³/mol. The molecule has 168 valence electrons. The number of rotatable bonds is 10. The fourth-order valence-electron chi connectivity index (χ4n) is 2.84. The largest absolute Gasteiger partial charge is 0.496 e. The molecule has 0 fully saturated rings. The average molecular weight is 467 g/mol. The number of amides is 2. The molecule has 0 bridgehead atoms. The van der Waals surface area contributed by atoms with Crippen molar-refractivity contribution in [3.8, 4) is 0 Å². The van der Waals surface area contributed by atoms with Gasteiger partial charge >= 0.3 is 5.97 Å². The molecule has 0 aliphatic rings. The summed E-state index contributed by atoms with van der Waals surface area (Å²) in [5.41, 5.74) is 2.43. The maximum absolute atomic E-state index is 12.6. The minimum Gasteiger partial charge on any atom is -0.496 e. The first kappa shape index (κ1) is 24.6. The van der Waals surface area contributed by atoms with Gasteiger partial charge in [0.1, 0.15) is 10.6 Å². The maximum Gasteiger partial charge on any atom is 0.348 e. The number of likely N-dealkylation sites (N-methyl/N-ethyl adjacent to an activating group) is 1. The summed E-state index contributed by atoms with van der Waals surface area (Å²) in [5, 5.41) is 9.48. The van der Waals surface area contributed by atoms with Gasteiger partial charge < -0.3 is 24.6 Å². The van der Waals surface area contributed by atoms with Crippen molar-refractivity contribution < 1.29 is 28.3 Å². The molecule has 2 heterocycles. The zero-order valence-electron chi connectivity index (χ0n) is 18.4. The highest BCUT2D eigenvalue weighted by Gasteiger charge is 2.25. The monoisotopic (exact) mass is 466 g/mol. The van der Waals surface area contributed by atoms with Crippen LogP contribution in [0, 0.1) is 6.92 Å². The molecular formula is C21H28N3O5S2+. The van der Waals surface area contributed by atoms with Crippen LogP contribution in [0.5, 0.6) is 0 Å². The van der Waals surface area contributed by atoms with Crippen LogP contribution in [0.3, 0.4) is 0 Å². The molecule has 8 nitrogen and oxygen atoms in total. The number of carbonyl (C=O) groups is 3. The second kappa shape index (κ2) is 10.6. The van der Waals surface area contributed by atoms with E-state index in [2.05, 4.69) is 21.9 Å². The van der Waals surface area contributed by atoms with E-state index in [1.807, 2.05) is 26.4 Å². The van der Waals surface area contributed by atoms with E-state index in [1.165, 1.54) is 36.9 Å². The van der Waals surface area contributed by atoms with Crippen LogP contribution in [-0.4, -0.2) is 63.7 Å². The van der Waals surface area contributed by atoms with Crippen molar-refractivity contribution in [3.63, 3.8) is 0 Å². The van der Waals surface area contributed by atoms with E-state index in [0.29, 0.717) is 22.9 Å². The number of carbonyl (C=O) groups excluding carboxylic acids is 3. The lowest BCUT2D eigenvalue weighted by atomic mass is 10.2. The summed E-state index contributed by atoms with van der Waals surface area (Å²) in [5.74, 6) is -0.302. The first-order valence-corrected chi connectivity index (χ1v) is 11.2. The molecule has 0 saturated heterocycles. The van der Waals surface area contributed by atoms with Crippen molar-refractivity contribution in [3.05, 3.63) is 44.3 Å². The van der Waals surface area contributed by atoms with Gasteiger partial charge in [-0.25, -0.2) is 4.79 Å². The highest BCUT2D eigenvalue weighted by atomic mass is 32.1. The Balaban J connectivity index is 1.89. The minimum absolute atomic E-state index is 0.118. The summed E-state index contributed by atoms with van der Waals surface area (Å²) in [6, 6.07) is 1.69. The van der Waals surface area contributed by atoms with Crippen LogP contribution in [-0.2, 0) is 25.6 Å². The molecule has 0 aliphatic carbocycles. The molecule has 10 heteroatoms. The lowest BCUT2D eigenvalue weighted by molar-refractivity contribution is -0.874. The first-order valence-electron chi connectivity index (χ1n) is 9.42. The van der Waals surface area contributed by atoms with Crippen molar-refractivity contribution in [1.82, 2.24) is 5.32 Å². The third kappa shape index (κ3) is 6.91. The first-order chi connectivity index (χ1) is 14.6. The van der Waals surface area contributed by atoms with E-state index in [-0.39, 0.29) is 29.4 Å². The zero-order chi connectivity index (χ0) is 23.2. The highest BCUT2D eigenvalue weighted by molar-refractivity contribution is 7.12. The number of hydrogen-bond donors (Lipinski definition) is 2. The number of esters is 1. The maximum atomic E-state index is 12.6. The molecule has 0 aliphatic heterocycles. The molecule has 0 unspecified atom stereocenters. The Kier molecular flexibility index (Phi) is 8.37. The summed E-state index contributed by atoms with van der Waals surface area (Å²) in [6.45, 7) is 6.30. The lowest BCUT2D eigenvalue weighted by Gasteiger charge is -2.28. The smallest absolute Gasteiger partial charge is 0.348 e. The number of hydrogen-bond acceptors (Lipinski definition) is 7. The molecule has 31 heavy (non-hydrogen) atoms. The van der Waals surface area contributed by atoms with E-state index in [4.69, 9.17) is 4.74 Å². The number of nitrogens with zero attached hydrogens (tertiary/aromatic N) is 1. The van der Waals surface area contributed by atoms with Gasteiger partial charge in [0.15, 0.2) is 13.1 Å². The second-order valence-corrected chi connectivity index (χ2v) is 9.43. The third-order valence-electron chi connectivity index (χ3n) is 4.41. The molecule has 0 radical (unpaired) electrons. The van der Waals surface area contributed by atoms with E-state index >= 15 is 0 Å². The Labute approximate surface area is 190 Å². The molecule has 0 saturated carbocycles. The number of thiophene rings is 2.